The highest BCUT2D eigenvalue weighted by Crippen LogP contribution is 2.28. The van der Waals surface area contributed by atoms with E-state index in [1.165, 1.54) is 0 Å². The largest absolute Gasteiger partial charge is 0.351 e. The van der Waals surface area contributed by atoms with Crippen molar-refractivity contribution in [3.8, 4) is 6.07 Å². The lowest BCUT2D eigenvalue weighted by Gasteiger charge is -2.18. The standard InChI is InChI=1S/C8H9BrN2S/c1-6(4-10)11(2)8-3-7(9)5-12-8/h3,5-6H,1-2H3. The van der Waals surface area contributed by atoms with E-state index in [4.69, 9.17) is 5.26 Å². The van der Waals surface area contributed by atoms with Gasteiger partial charge in [-0.1, -0.05) is 0 Å². The maximum atomic E-state index is 8.67. The van der Waals surface area contributed by atoms with Crippen LogP contribution in [0.15, 0.2) is 15.9 Å². The number of nitrogens with zero attached hydrogens (tertiary/aromatic N) is 2. The van der Waals surface area contributed by atoms with Crippen molar-refractivity contribution in [1.82, 2.24) is 0 Å². The molecule has 1 aromatic rings. The number of hydrogen-bond donors (Lipinski definition) is 0. The van der Waals surface area contributed by atoms with E-state index in [0.717, 1.165) is 9.47 Å². The number of thiophene rings is 1. The molecule has 1 heterocycles. The summed E-state index contributed by atoms with van der Waals surface area (Å²) in [5, 5.41) is 11.8. The second-order valence-electron chi connectivity index (χ2n) is 2.52. The molecule has 0 saturated heterocycles. The molecule has 1 rings (SSSR count). The first-order valence-corrected chi connectivity index (χ1v) is 5.19. The lowest BCUT2D eigenvalue weighted by molar-refractivity contribution is 0.843. The first-order chi connectivity index (χ1) is 5.65. The number of nitriles is 1. The average molecular weight is 245 g/mol. The molecule has 0 aliphatic heterocycles. The van der Waals surface area contributed by atoms with Crippen LogP contribution in [-0.2, 0) is 0 Å². The van der Waals surface area contributed by atoms with Gasteiger partial charge in [0.05, 0.1) is 11.1 Å². The zero-order valence-corrected chi connectivity index (χ0v) is 9.32. The van der Waals surface area contributed by atoms with Crippen LogP contribution < -0.4 is 4.90 Å². The minimum absolute atomic E-state index is 0.0736. The molecule has 0 bridgehead atoms. The van der Waals surface area contributed by atoms with E-state index in [9.17, 15) is 0 Å². The topological polar surface area (TPSA) is 27.0 Å². The third-order valence-corrected chi connectivity index (χ3v) is 3.45. The number of rotatable bonds is 2. The molecule has 0 aliphatic carbocycles. The highest BCUT2D eigenvalue weighted by Gasteiger charge is 2.09. The van der Waals surface area contributed by atoms with Gasteiger partial charge in [0, 0.05) is 16.9 Å². The smallest absolute Gasteiger partial charge is 0.114 e. The van der Waals surface area contributed by atoms with E-state index in [-0.39, 0.29) is 6.04 Å². The van der Waals surface area contributed by atoms with E-state index in [0.29, 0.717) is 0 Å². The Morgan fingerprint density at radius 3 is 2.83 bits per heavy atom. The SMILES string of the molecule is CC(C#N)N(C)c1cc(Br)cs1. The van der Waals surface area contributed by atoms with Crippen LogP contribution in [0.3, 0.4) is 0 Å². The Balaban J connectivity index is 2.79. The van der Waals surface area contributed by atoms with Crippen LogP contribution in [0.5, 0.6) is 0 Å². The summed E-state index contributed by atoms with van der Waals surface area (Å²) in [6.07, 6.45) is 0. The van der Waals surface area contributed by atoms with E-state index in [2.05, 4.69) is 22.0 Å². The second kappa shape index (κ2) is 3.92. The molecule has 0 saturated carbocycles. The number of anilines is 1. The van der Waals surface area contributed by atoms with Crippen LogP contribution in [0.25, 0.3) is 0 Å². The molecule has 2 nitrogen and oxygen atoms in total. The van der Waals surface area contributed by atoms with Gasteiger partial charge in [0.25, 0.3) is 0 Å². The second-order valence-corrected chi connectivity index (χ2v) is 4.32. The Morgan fingerprint density at radius 1 is 1.75 bits per heavy atom. The van der Waals surface area contributed by atoms with Gasteiger partial charge in [-0.2, -0.15) is 5.26 Å². The summed E-state index contributed by atoms with van der Waals surface area (Å²) in [5.41, 5.74) is 0. The molecule has 0 aromatic carbocycles. The van der Waals surface area contributed by atoms with Gasteiger partial charge in [-0.15, -0.1) is 11.3 Å². The van der Waals surface area contributed by atoms with E-state index < -0.39 is 0 Å². The molecule has 64 valence electrons. The van der Waals surface area contributed by atoms with Crippen molar-refractivity contribution in [2.75, 3.05) is 11.9 Å². The van der Waals surface area contributed by atoms with Gasteiger partial charge in [-0.3, -0.25) is 0 Å². The highest BCUT2D eigenvalue weighted by atomic mass is 79.9. The lowest BCUT2D eigenvalue weighted by Crippen LogP contribution is -2.26. The molecule has 0 radical (unpaired) electrons. The first-order valence-electron chi connectivity index (χ1n) is 3.51. The zero-order chi connectivity index (χ0) is 9.14. The lowest BCUT2D eigenvalue weighted by atomic mass is 10.3. The predicted octanol–water partition coefficient (Wildman–Crippen LogP) is 2.86. The summed E-state index contributed by atoms with van der Waals surface area (Å²) in [7, 11) is 1.92. The van der Waals surface area contributed by atoms with Gasteiger partial charge in [0.2, 0.25) is 0 Å². The Bertz CT molecular complexity index is 302. The molecule has 0 fully saturated rings. The van der Waals surface area contributed by atoms with E-state index in [1.54, 1.807) is 11.3 Å². The van der Waals surface area contributed by atoms with Crippen molar-refractivity contribution in [1.29, 1.82) is 5.26 Å². The summed E-state index contributed by atoms with van der Waals surface area (Å²) in [6.45, 7) is 1.88. The Kier molecular flexibility index (Phi) is 3.12. The molecule has 1 unspecified atom stereocenters. The van der Waals surface area contributed by atoms with Crippen LogP contribution in [0, 0.1) is 11.3 Å². The van der Waals surface area contributed by atoms with Crippen LogP contribution in [-0.4, -0.2) is 13.1 Å². The quantitative estimate of drug-likeness (QED) is 0.801. The summed E-state index contributed by atoms with van der Waals surface area (Å²) in [6, 6.07) is 4.13. The molecule has 0 aliphatic rings. The fourth-order valence-electron chi connectivity index (χ4n) is 0.765. The summed E-state index contributed by atoms with van der Waals surface area (Å²) < 4.78 is 1.07. The summed E-state index contributed by atoms with van der Waals surface area (Å²) >= 11 is 5.00. The van der Waals surface area contributed by atoms with Crippen LogP contribution in [0.2, 0.25) is 0 Å². The Labute approximate surface area is 84.6 Å². The van der Waals surface area contributed by atoms with Gasteiger partial charge >= 0.3 is 0 Å². The summed E-state index contributed by atoms with van der Waals surface area (Å²) in [4.78, 5) is 1.95. The Hall–Kier alpha value is -0.530. The predicted molar refractivity (Wildman–Crippen MR) is 55.5 cm³/mol. The first kappa shape index (κ1) is 9.56. The molecule has 1 atom stereocenters. The van der Waals surface area contributed by atoms with Gasteiger partial charge in [0.1, 0.15) is 6.04 Å². The zero-order valence-electron chi connectivity index (χ0n) is 6.91. The van der Waals surface area contributed by atoms with E-state index >= 15 is 0 Å². The third-order valence-electron chi connectivity index (χ3n) is 1.67. The molecule has 12 heavy (non-hydrogen) atoms. The van der Waals surface area contributed by atoms with Crippen molar-refractivity contribution in [2.24, 2.45) is 0 Å². The molecule has 4 heteroatoms. The maximum Gasteiger partial charge on any atom is 0.114 e. The van der Waals surface area contributed by atoms with Crippen molar-refractivity contribution in [2.45, 2.75) is 13.0 Å². The minimum atomic E-state index is -0.0736. The van der Waals surface area contributed by atoms with Gasteiger partial charge < -0.3 is 4.90 Å². The van der Waals surface area contributed by atoms with E-state index in [1.807, 2.05) is 30.3 Å². The molecular weight excluding hydrogens is 236 g/mol. The minimum Gasteiger partial charge on any atom is -0.351 e. The van der Waals surface area contributed by atoms with Gasteiger partial charge in [0.15, 0.2) is 0 Å². The van der Waals surface area contributed by atoms with Gasteiger partial charge in [-0.05, 0) is 28.9 Å². The van der Waals surface area contributed by atoms with Crippen molar-refractivity contribution >= 4 is 32.3 Å². The Morgan fingerprint density at radius 2 is 2.42 bits per heavy atom. The monoisotopic (exact) mass is 244 g/mol. The normalized spacial score (nSPS) is 12.2. The van der Waals surface area contributed by atoms with Crippen LogP contribution >= 0.6 is 27.3 Å². The molecular formula is C8H9BrN2S. The van der Waals surface area contributed by atoms with Crippen LogP contribution in [0.1, 0.15) is 6.92 Å². The maximum absolute atomic E-state index is 8.67. The molecule has 1 aromatic heterocycles. The number of hydrogen-bond acceptors (Lipinski definition) is 3. The van der Waals surface area contributed by atoms with Gasteiger partial charge in [-0.25, -0.2) is 0 Å². The molecule has 0 spiro atoms. The highest BCUT2D eigenvalue weighted by molar-refractivity contribution is 9.10. The fraction of sp³-hybridized carbons (Fsp3) is 0.375. The average Bonchev–Trinajstić information content (AvgIpc) is 2.49. The van der Waals surface area contributed by atoms with Crippen molar-refractivity contribution in [3.63, 3.8) is 0 Å². The van der Waals surface area contributed by atoms with Crippen molar-refractivity contribution in [3.05, 3.63) is 15.9 Å². The number of halogens is 1. The van der Waals surface area contributed by atoms with Crippen LogP contribution in [0.4, 0.5) is 5.00 Å². The third kappa shape index (κ3) is 1.99. The molecule has 0 amide bonds. The fourth-order valence-corrected chi connectivity index (χ4v) is 2.23. The molecule has 0 N–H and O–H groups in total. The summed E-state index contributed by atoms with van der Waals surface area (Å²) in [5.74, 6) is 0. The van der Waals surface area contributed by atoms with Crippen molar-refractivity contribution < 1.29 is 0 Å².